The van der Waals surface area contributed by atoms with Crippen LogP contribution in [0.15, 0.2) is 0 Å². The average molecular weight is 226 g/mol. The summed E-state index contributed by atoms with van der Waals surface area (Å²) in [5, 5.41) is 0. The summed E-state index contributed by atoms with van der Waals surface area (Å²) in [6, 6.07) is 0. The molecule has 1 heterocycles. The van der Waals surface area contributed by atoms with Gasteiger partial charge in [-0.05, 0) is 32.6 Å². The van der Waals surface area contributed by atoms with Crippen LogP contribution in [0.4, 0.5) is 0 Å². The van der Waals surface area contributed by atoms with Gasteiger partial charge in [0.05, 0.1) is 12.5 Å². The third-order valence-electron chi connectivity index (χ3n) is 3.43. The van der Waals surface area contributed by atoms with E-state index in [0.29, 0.717) is 32.3 Å². The first-order valence-corrected chi connectivity index (χ1v) is 5.53. The Labute approximate surface area is 93.1 Å². The molecular formula is C11H14O5. The minimum Gasteiger partial charge on any atom is -0.466 e. The molecule has 0 atom stereocenters. The summed E-state index contributed by atoms with van der Waals surface area (Å²) in [5.74, 6) is -1.26. The van der Waals surface area contributed by atoms with Crippen molar-refractivity contribution >= 4 is 17.9 Å². The van der Waals surface area contributed by atoms with Crippen LogP contribution in [0.1, 0.15) is 32.6 Å². The highest BCUT2D eigenvalue weighted by Gasteiger charge is 2.60. The monoisotopic (exact) mass is 226 g/mol. The summed E-state index contributed by atoms with van der Waals surface area (Å²) in [6.07, 6.45) is 1.88. The normalized spacial score (nSPS) is 23.8. The van der Waals surface area contributed by atoms with Gasteiger partial charge in [-0.1, -0.05) is 0 Å². The van der Waals surface area contributed by atoms with Gasteiger partial charge in [-0.3, -0.25) is 14.4 Å². The number of hydrogen-bond acceptors (Lipinski definition) is 5. The van der Waals surface area contributed by atoms with Crippen LogP contribution in [0.25, 0.3) is 0 Å². The second-order valence-electron chi connectivity index (χ2n) is 4.29. The maximum absolute atomic E-state index is 11.5. The molecule has 5 nitrogen and oxygen atoms in total. The van der Waals surface area contributed by atoms with Crippen LogP contribution in [0.2, 0.25) is 0 Å². The van der Waals surface area contributed by atoms with Crippen LogP contribution < -0.4 is 0 Å². The van der Waals surface area contributed by atoms with Crippen molar-refractivity contribution in [3.63, 3.8) is 0 Å². The van der Waals surface area contributed by atoms with Gasteiger partial charge in [0.2, 0.25) is 0 Å². The van der Waals surface area contributed by atoms with E-state index in [-0.39, 0.29) is 11.9 Å². The molecule has 2 rings (SSSR count). The van der Waals surface area contributed by atoms with Gasteiger partial charge in [0.25, 0.3) is 0 Å². The van der Waals surface area contributed by atoms with Gasteiger partial charge < -0.3 is 9.47 Å². The minimum absolute atomic E-state index is 0.174. The number of ether oxygens (including phenoxy) is 2. The van der Waals surface area contributed by atoms with Gasteiger partial charge in [0.1, 0.15) is 0 Å². The molecule has 1 saturated carbocycles. The highest BCUT2D eigenvalue weighted by Crippen LogP contribution is 2.46. The fourth-order valence-electron chi connectivity index (χ4n) is 2.33. The maximum atomic E-state index is 11.5. The first-order valence-electron chi connectivity index (χ1n) is 5.53. The molecule has 16 heavy (non-hydrogen) atoms. The molecule has 0 amide bonds. The van der Waals surface area contributed by atoms with Crippen LogP contribution in [0, 0.1) is 11.3 Å². The lowest BCUT2D eigenvalue weighted by Crippen LogP contribution is -2.55. The number of hydrogen-bond donors (Lipinski definition) is 0. The van der Waals surface area contributed by atoms with Gasteiger partial charge >= 0.3 is 17.9 Å². The van der Waals surface area contributed by atoms with Gasteiger partial charge in [-0.25, -0.2) is 0 Å². The Morgan fingerprint density at radius 2 is 1.94 bits per heavy atom. The number of carbonyl (C=O) groups is 3. The molecule has 0 aromatic rings. The molecule has 2 fully saturated rings. The Kier molecular flexibility index (Phi) is 2.69. The molecule has 1 aliphatic heterocycles. The summed E-state index contributed by atoms with van der Waals surface area (Å²) >= 11 is 0. The lowest BCUT2D eigenvalue weighted by Gasteiger charge is -2.40. The van der Waals surface area contributed by atoms with Crippen molar-refractivity contribution in [2.75, 3.05) is 6.61 Å². The zero-order chi connectivity index (χ0) is 11.8. The molecule has 88 valence electrons. The lowest BCUT2D eigenvalue weighted by atomic mass is 9.68. The molecule has 1 saturated heterocycles. The summed E-state index contributed by atoms with van der Waals surface area (Å²) in [6.45, 7) is 2.12. The second-order valence-corrected chi connectivity index (χ2v) is 4.29. The summed E-state index contributed by atoms with van der Waals surface area (Å²) in [5.41, 5.74) is -0.928. The van der Waals surface area contributed by atoms with Crippen LogP contribution in [0.3, 0.4) is 0 Å². The molecule has 0 bridgehead atoms. The Morgan fingerprint density at radius 3 is 2.38 bits per heavy atom. The first-order chi connectivity index (χ1) is 7.60. The van der Waals surface area contributed by atoms with Crippen molar-refractivity contribution < 1.29 is 23.9 Å². The van der Waals surface area contributed by atoms with E-state index in [0.717, 1.165) is 0 Å². The summed E-state index contributed by atoms with van der Waals surface area (Å²) in [7, 11) is 0. The zero-order valence-corrected chi connectivity index (χ0v) is 9.15. The third kappa shape index (κ3) is 1.50. The predicted octanol–water partition coefficient (Wildman–Crippen LogP) is 0.809. The molecule has 1 aliphatic carbocycles. The fourth-order valence-corrected chi connectivity index (χ4v) is 2.33. The van der Waals surface area contributed by atoms with Crippen LogP contribution >= 0.6 is 0 Å². The van der Waals surface area contributed by atoms with Crippen molar-refractivity contribution in [1.29, 1.82) is 0 Å². The van der Waals surface area contributed by atoms with E-state index >= 15 is 0 Å². The summed E-state index contributed by atoms with van der Waals surface area (Å²) < 4.78 is 9.30. The standard InChI is InChI=1S/C11H14O5/c1-2-15-8(12)7-3-5-11(6-4-7)9(13)16-10(11)14/h7H,2-6H2,1H3. The molecule has 0 unspecified atom stereocenters. The highest BCUT2D eigenvalue weighted by molar-refractivity contribution is 6.14. The number of carbonyl (C=O) groups excluding carboxylic acids is 3. The lowest BCUT2D eigenvalue weighted by molar-refractivity contribution is -0.201. The SMILES string of the molecule is CCOC(=O)C1CCC2(CC1)C(=O)OC2=O. The number of rotatable bonds is 2. The van der Waals surface area contributed by atoms with Crippen molar-refractivity contribution in [2.24, 2.45) is 11.3 Å². The van der Waals surface area contributed by atoms with E-state index < -0.39 is 17.4 Å². The van der Waals surface area contributed by atoms with Gasteiger partial charge in [0, 0.05) is 0 Å². The Morgan fingerprint density at radius 1 is 1.38 bits per heavy atom. The van der Waals surface area contributed by atoms with Gasteiger partial charge in [-0.15, -0.1) is 0 Å². The molecule has 0 aromatic carbocycles. The quantitative estimate of drug-likeness (QED) is 0.514. The minimum atomic E-state index is -0.928. The van der Waals surface area contributed by atoms with E-state index in [9.17, 15) is 14.4 Å². The smallest absolute Gasteiger partial charge is 0.331 e. The van der Waals surface area contributed by atoms with Crippen molar-refractivity contribution in [3.05, 3.63) is 0 Å². The van der Waals surface area contributed by atoms with E-state index in [4.69, 9.17) is 4.74 Å². The van der Waals surface area contributed by atoms with Gasteiger partial charge in [0.15, 0.2) is 5.41 Å². The van der Waals surface area contributed by atoms with Crippen LogP contribution in [-0.2, 0) is 23.9 Å². The van der Waals surface area contributed by atoms with Crippen molar-refractivity contribution in [1.82, 2.24) is 0 Å². The van der Waals surface area contributed by atoms with Crippen molar-refractivity contribution in [3.8, 4) is 0 Å². The van der Waals surface area contributed by atoms with E-state index in [1.54, 1.807) is 6.92 Å². The molecule has 0 N–H and O–H groups in total. The van der Waals surface area contributed by atoms with Crippen molar-refractivity contribution in [2.45, 2.75) is 32.6 Å². The van der Waals surface area contributed by atoms with E-state index in [1.807, 2.05) is 0 Å². The molecule has 0 aromatic heterocycles. The predicted molar refractivity (Wildman–Crippen MR) is 52.1 cm³/mol. The van der Waals surface area contributed by atoms with E-state index in [1.165, 1.54) is 0 Å². The van der Waals surface area contributed by atoms with Crippen LogP contribution in [0.5, 0.6) is 0 Å². The molecular weight excluding hydrogens is 212 g/mol. The Bertz CT molecular complexity index is 322. The third-order valence-corrected chi connectivity index (χ3v) is 3.43. The fraction of sp³-hybridized carbons (Fsp3) is 0.727. The summed E-state index contributed by atoms with van der Waals surface area (Å²) in [4.78, 5) is 34.0. The molecule has 0 radical (unpaired) electrons. The number of esters is 3. The average Bonchev–Trinajstić information content (AvgIpc) is 2.30. The van der Waals surface area contributed by atoms with Crippen LogP contribution in [-0.4, -0.2) is 24.5 Å². The molecule has 5 heteroatoms. The Hall–Kier alpha value is -1.39. The molecule has 1 spiro atoms. The maximum Gasteiger partial charge on any atom is 0.331 e. The highest BCUT2D eigenvalue weighted by atomic mass is 16.6. The van der Waals surface area contributed by atoms with Gasteiger partial charge in [-0.2, -0.15) is 0 Å². The largest absolute Gasteiger partial charge is 0.466 e. The second kappa shape index (κ2) is 3.88. The first kappa shape index (κ1) is 11.1. The topological polar surface area (TPSA) is 69.7 Å². The zero-order valence-electron chi connectivity index (χ0n) is 9.15. The number of cyclic esters (lactones) is 2. The molecule has 2 aliphatic rings. The Balaban J connectivity index is 1.94. The van der Waals surface area contributed by atoms with E-state index in [2.05, 4.69) is 4.74 Å².